The first kappa shape index (κ1) is 23.8. The zero-order valence-electron chi connectivity index (χ0n) is 19.3. The largest absolute Gasteiger partial charge is 0.352 e. The third kappa shape index (κ3) is 5.24. The van der Waals surface area contributed by atoms with Gasteiger partial charge in [0.2, 0.25) is 5.91 Å². The minimum atomic E-state index is 0. The first-order valence-corrected chi connectivity index (χ1v) is 12.2. The summed E-state index contributed by atoms with van der Waals surface area (Å²) in [5.74, 6) is 3.28. The van der Waals surface area contributed by atoms with Crippen LogP contribution in [0, 0.1) is 11.8 Å². The summed E-state index contributed by atoms with van der Waals surface area (Å²) in [6.45, 7) is 6.83. The van der Waals surface area contributed by atoms with Crippen molar-refractivity contribution in [2.45, 2.75) is 57.7 Å². The van der Waals surface area contributed by atoms with Gasteiger partial charge in [-0.05, 0) is 48.6 Å². The Kier molecular flexibility index (Phi) is 7.97. The van der Waals surface area contributed by atoms with Gasteiger partial charge < -0.3 is 15.1 Å². The van der Waals surface area contributed by atoms with Crippen LogP contribution in [-0.2, 0) is 17.9 Å². The van der Waals surface area contributed by atoms with Gasteiger partial charge in [-0.2, -0.15) is 0 Å². The predicted molar refractivity (Wildman–Crippen MR) is 139 cm³/mol. The predicted octanol–water partition coefficient (Wildman–Crippen LogP) is 3.31. The molecule has 3 atom stereocenters. The molecule has 32 heavy (non-hydrogen) atoms. The molecule has 1 aromatic carbocycles. The first-order chi connectivity index (χ1) is 15.2. The van der Waals surface area contributed by atoms with E-state index >= 15 is 0 Å². The number of halogens is 1. The molecule has 4 fully saturated rings. The van der Waals surface area contributed by atoms with Crippen LogP contribution in [-0.4, -0.2) is 72.4 Å². The molecule has 0 radical (unpaired) electrons. The fraction of sp³-hybridized carbons (Fsp3) is 0.680. The first-order valence-electron chi connectivity index (χ1n) is 12.2. The van der Waals surface area contributed by atoms with Crippen molar-refractivity contribution in [1.82, 2.24) is 20.0 Å². The molecule has 7 heteroatoms. The second kappa shape index (κ2) is 10.7. The average molecular weight is 552 g/mol. The van der Waals surface area contributed by atoms with Crippen molar-refractivity contribution in [3.63, 3.8) is 0 Å². The van der Waals surface area contributed by atoms with E-state index in [-0.39, 0.29) is 29.9 Å². The number of likely N-dealkylation sites (tertiary alicyclic amines) is 1. The highest BCUT2D eigenvalue weighted by Crippen LogP contribution is 2.46. The molecule has 1 N–H and O–H groups in total. The van der Waals surface area contributed by atoms with Crippen LogP contribution in [0.15, 0.2) is 29.3 Å². The quantitative estimate of drug-likeness (QED) is 0.347. The molecule has 176 valence electrons. The number of fused-ring (bicyclic) bond motifs is 2. The maximum Gasteiger partial charge on any atom is 0.222 e. The Morgan fingerprint density at radius 3 is 2.56 bits per heavy atom. The number of rotatable bonds is 5. The minimum Gasteiger partial charge on any atom is -0.352 e. The lowest BCUT2D eigenvalue weighted by atomic mass is 9.93. The lowest BCUT2D eigenvalue weighted by Crippen LogP contribution is -2.55. The Morgan fingerprint density at radius 2 is 1.91 bits per heavy atom. The van der Waals surface area contributed by atoms with Crippen molar-refractivity contribution in [2.75, 3.05) is 39.8 Å². The van der Waals surface area contributed by atoms with E-state index in [0.29, 0.717) is 6.42 Å². The third-order valence-corrected chi connectivity index (χ3v) is 7.98. The van der Waals surface area contributed by atoms with Crippen molar-refractivity contribution in [1.29, 1.82) is 0 Å². The second-order valence-electron chi connectivity index (χ2n) is 9.90. The molecule has 6 nitrogen and oxygen atoms in total. The molecule has 4 aliphatic rings. The molecule has 5 rings (SSSR count). The van der Waals surface area contributed by atoms with Gasteiger partial charge in [-0.25, -0.2) is 0 Å². The number of amides is 1. The SMILES string of the molecule is CN=C(NCc1cccc(CN2CCCC2=O)c1)N1CCN(C2CC3CCC2C3)CC1.I. The van der Waals surface area contributed by atoms with Gasteiger partial charge in [-0.1, -0.05) is 30.7 Å². The molecule has 1 aromatic rings. The number of aliphatic imine (C=N–C) groups is 1. The van der Waals surface area contributed by atoms with Gasteiger partial charge >= 0.3 is 0 Å². The topological polar surface area (TPSA) is 51.2 Å². The van der Waals surface area contributed by atoms with Gasteiger partial charge in [-0.15, -0.1) is 24.0 Å². The number of nitrogens with zero attached hydrogens (tertiary/aromatic N) is 4. The normalized spacial score (nSPS) is 28.3. The molecule has 0 aromatic heterocycles. The van der Waals surface area contributed by atoms with Crippen molar-refractivity contribution in [3.05, 3.63) is 35.4 Å². The van der Waals surface area contributed by atoms with Crippen molar-refractivity contribution in [3.8, 4) is 0 Å². The van der Waals surface area contributed by atoms with Gasteiger partial charge in [-0.3, -0.25) is 14.7 Å². The zero-order chi connectivity index (χ0) is 21.2. The van der Waals surface area contributed by atoms with Crippen LogP contribution in [0.2, 0.25) is 0 Å². The molecular formula is C25H38IN5O. The highest BCUT2D eigenvalue weighted by Gasteiger charge is 2.42. The van der Waals surface area contributed by atoms with Crippen LogP contribution in [0.25, 0.3) is 0 Å². The molecule has 2 aliphatic heterocycles. The van der Waals surface area contributed by atoms with Crippen LogP contribution < -0.4 is 5.32 Å². The number of hydrogen-bond donors (Lipinski definition) is 1. The number of piperazine rings is 1. The molecule has 1 amide bonds. The van der Waals surface area contributed by atoms with E-state index in [1.165, 1.54) is 36.8 Å². The second-order valence-corrected chi connectivity index (χ2v) is 9.90. The standard InChI is InChI=1S/C25H37N5O.HI/c1-26-25(29-12-10-28(11-13-29)23-16-19-7-8-22(23)15-19)27-17-20-4-2-5-21(14-20)18-30-9-3-6-24(30)31;/h2,4-5,14,19,22-23H,3,6-13,15-18H2,1H3,(H,26,27);1H. The van der Waals surface area contributed by atoms with Crippen LogP contribution >= 0.6 is 24.0 Å². The van der Waals surface area contributed by atoms with Gasteiger partial charge in [0.05, 0.1) is 0 Å². The summed E-state index contributed by atoms with van der Waals surface area (Å²) in [6, 6.07) is 9.45. The fourth-order valence-electron chi connectivity index (χ4n) is 6.37. The molecule has 2 heterocycles. The molecule has 2 saturated carbocycles. The number of nitrogens with one attached hydrogen (secondary N) is 1. The Hall–Kier alpha value is -1.35. The average Bonchev–Trinajstić information content (AvgIpc) is 3.53. The van der Waals surface area contributed by atoms with Gasteiger partial charge in [0.1, 0.15) is 0 Å². The van der Waals surface area contributed by atoms with E-state index in [1.807, 2.05) is 11.9 Å². The number of hydrogen-bond acceptors (Lipinski definition) is 3. The monoisotopic (exact) mass is 551 g/mol. The third-order valence-electron chi connectivity index (χ3n) is 7.98. The molecule has 2 saturated heterocycles. The molecule has 2 aliphatic carbocycles. The van der Waals surface area contributed by atoms with Crippen molar-refractivity contribution < 1.29 is 4.79 Å². The number of benzene rings is 1. The maximum absolute atomic E-state index is 11.9. The highest BCUT2D eigenvalue weighted by molar-refractivity contribution is 14.0. The summed E-state index contributed by atoms with van der Waals surface area (Å²) in [4.78, 5) is 23.6. The summed E-state index contributed by atoms with van der Waals surface area (Å²) in [6.07, 6.45) is 7.56. The van der Waals surface area contributed by atoms with Crippen molar-refractivity contribution in [2.24, 2.45) is 16.8 Å². The zero-order valence-corrected chi connectivity index (χ0v) is 21.7. The molecule has 0 spiro atoms. The number of guanidine groups is 1. The number of carbonyl (C=O) groups is 1. The summed E-state index contributed by atoms with van der Waals surface area (Å²) in [5, 5.41) is 3.57. The summed E-state index contributed by atoms with van der Waals surface area (Å²) >= 11 is 0. The summed E-state index contributed by atoms with van der Waals surface area (Å²) in [7, 11) is 1.89. The Morgan fingerprint density at radius 1 is 1.09 bits per heavy atom. The highest BCUT2D eigenvalue weighted by atomic mass is 127. The van der Waals surface area contributed by atoms with Crippen LogP contribution in [0.1, 0.15) is 49.7 Å². The summed E-state index contributed by atoms with van der Waals surface area (Å²) in [5.41, 5.74) is 2.45. The van der Waals surface area contributed by atoms with Crippen molar-refractivity contribution >= 4 is 35.8 Å². The van der Waals surface area contributed by atoms with E-state index in [0.717, 1.165) is 76.1 Å². The Balaban J connectivity index is 0.00000245. The van der Waals surface area contributed by atoms with E-state index in [2.05, 4.69) is 44.4 Å². The fourth-order valence-corrected chi connectivity index (χ4v) is 6.37. The van der Waals surface area contributed by atoms with Gasteiger partial charge in [0, 0.05) is 65.3 Å². The molecule has 3 unspecified atom stereocenters. The van der Waals surface area contributed by atoms with Gasteiger partial charge in [0.15, 0.2) is 5.96 Å². The Bertz CT molecular complexity index is 822. The Labute approximate surface area is 209 Å². The lowest BCUT2D eigenvalue weighted by Gasteiger charge is -2.42. The van der Waals surface area contributed by atoms with Crippen LogP contribution in [0.5, 0.6) is 0 Å². The smallest absolute Gasteiger partial charge is 0.222 e. The summed E-state index contributed by atoms with van der Waals surface area (Å²) < 4.78 is 0. The maximum atomic E-state index is 11.9. The van der Waals surface area contributed by atoms with Crippen LogP contribution in [0.4, 0.5) is 0 Å². The van der Waals surface area contributed by atoms with E-state index < -0.39 is 0 Å². The lowest BCUT2D eigenvalue weighted by molar-refractivity contribution is -0.128. The molecule has 2 bridgehead atoms. The van der Waals surface area contributed by atoms with Gasteiger partial charge in [0.25, 0.3) is 0 Å². The molecular weight excluding hydrogens is 513 g/mol. The van der Waals surface area contributed by atoms with Crippen LogP contribution in [0.3, 0.4) is 0 Å². The number of carbonyl (C=O) groups excluding carboxylic acids is 1. The van der Waals surface area contributed by atoms with E-state index in [9.17, 15) is 4.79 Å². The minimum absolute atomic E-state index is 0. The van der Waals surface area contributed by atoms with E-state index in [4.69, 9.17) is 0 Å². The van der Waals surface area contributed by atoms with E-state index in [1.54, 1.807) is 0 Å².